The zero-order valence-electron chi connectivity index (χ0n) is 11.8. The van der Waals surface area contributed by atoms with Gasteiger partial charge in [0.1, 0.15) is 5.82 Å². The van der Waals surface area contributed by atoms with Crippen molar-refractivity contribution in [1.82, 2.24) is 0 Å². The van der Waals surface area contributed by atoms with Crippen LogP contribution in [0.4, 0.5) is 4.39 Å². The lowest BCUT2D eigenvalue weighted by atomic mass is 10.0. The van der Waals surface area contributed by atoms with E-state index < -0.39 is 11.8 Å². The molecule has 1 rings (SSSR count). The van der Waals surface area contributed by atoms with Crippen LogP contribution in [0.25, 0.3) is 0 Å². The van der Waals surface area contributed by atoms with Crippen LogP contribution in [0.15, 0.2) is 18.2 Å². The van der Waals surface area contributed by atoms with Crippen molar-refractivity contribution in [2.75, 3.05) is 13.2 Å². The first-order valence-electron chi connectivity index (χ1n) is 6.70. The molecule has 110 valence electrons. The SMILES string of the molecule is CCOC(=O)CCCc1c(F)cccc1C(=O)OCC. The molecule has 0 saturated heterocycles. The molecule has 0 aromatic heterocycles. The highest BCUT2D eigenvalue weighted by Crippen LogP contribution is 2.17. The standard InChI is InChI=1S/C15H19FO4/c1-3-19-14(17)10-6-7-11-12(15(18)20-4-2)8-5-9-13(11)16/h5,8-9H,3-4,6-7,10H2,1-2H3. The zero-order chi connectivity index (χ0) is 15.0. The second-order valence-electron chi connectivity index (χ2n) is 4.14. The van der Waals surface area contributed by atoms with Crippen molar-refractivity contribution in [2.45, 2.75) is 33.1 Å². The lowest BCUT2D eigenvalue weighted by molar-refractivity contribution is -0.143. The fourth-order valence-electron chi connectivity index (χ4n) is 1.86. The van der Waals surface area contributed by atoms with Gasteiger partial charge in [-0.1, -0.05) is 6.07 Å². The Bertz CT molecular complexity index is 471. The average Bonchev–Trinajstić information content (AvgIpc) is 2.41. The van der Waals surface area contributed by atoms with Crippen molar-refractivity contribution in [3.8, 4) is 0 Å². The second kappa shape index (κ2) is 8.30. The summed E-state index contributed by atoms with van der Waals surface area (Å²) in [5, 5.41) is 0. The van der Waals surface area contributed by atoms with Crippen LogP contribution in [-0.2, 0) is 20.7 Å². The lowest BCUT2D eigenvalue weighted by Gasteiger charge is -2.09. The van der Waals surface area contributed by atoms with Gasteiger partial charge in [0, 0.05) is 12.0 Å². The first-order chi connectivity index (χ1) is 9.60. The van der Waals surface area contributed by atoms with E-state index in [4.69, 9.17) is 9.47 Å². The Kier molecular flexibility index (Phi) is 6.70. The first kappa shape index (κ1) is 16.1. The molecule has 0 heterocycles. The largest absolute Gasteiger partial charge is 0.466 e. The van der Waals surface area contributed by atoms with Crippen LogP contribution in [0.2, 0.25) is 0 Å². The predicted molar refractivity (Wildman–Crippen MR) is 71.9 cm³/mol. The molecule has 0 saturated carbocycles. The van der Waals surface area contributed by atoms with Gasteiger partial charge in [0.25, 0.3) is 0 Å². The van der Waals surface area contributed by atoms with Crippen LogP contribution in [0, 0.1) is 5.82 Å². The smallest absolute Gasteiger partial charge is 0.338 e. The Balaban J connectivity index is 2.73. The molecular weight excluding hydrogens is 263 g/mol. The topological polar surface area (TPSA) is 52.6 Å². The number of halogens is 1. The molecule has 4 nitrogen and oxygen atoms in total. The van der Waals surface area contributed by atoms with Gasteiger partial charge in [-0.3, -0.25) is 4.79 Å². The number of hydrogen-bond acceptors (Lipinski definition) is 4. The molecule has 0 amide bonds. The summed E-state index contributed by atoms with van der Waals surface area (Å²) in [6.07, 6.45) is 0.913. The van der Waals surface area contributed by atoms with Gasteiger partial charge in [-0.25, -0.2) is 9.18 Å². The summed E-state index contributed by atoms with van der Waals surface area (Å²) in [7, 11) is 0. The molecule has 0 spiro atoms. The minimum atomic E-state index is -0.543. The van der Waals surface area contributed by atoms with Crippen LogP contribution in [0.3, 0.4) is 0 Å². The van der Waals surface area contributed by atoms with Crippen LogP contribution in [0.1, 0.15) is 42.6 Å². The molecule has 0 unspecified atom stereocenters. The van der Waals surface area contributed by atoms with Gasteiger partial charge in [0.15, 0.2) is 0 Å². The Labute approximate surface area is 117 Å². The van der Waals surface area contributed by atoms with Gasteiger partial charge in [-0.15, -0.1) is 0 Å². The molecule has 0 fully saturated rings. The minimum absolute atomic E-state index is 0.199. The molecule has 0 aliphatic carbocycles. The summed E-state index contributed by atoms with van der Waals surface area (Å²) in [5.41, 5.74) is 0.506. The van der Waals surface area contributed by atoms with Gasteiger partial charge in [0.2, 0.25) is 0 Å². The summed E-state index contributed by atoms with van der Waals surface area (Å²) < 4.78 is 23.5. The third-order valence-electron chi connectivity index (χ3n) is 2.73. The molecule has 1 aromatic carbocycles. The summed E-state index contributed by atoms with van der Waals surface area (Å²) in [6.45, 7) is 3.98. The normalized spacial score (nSPS) is 10.2. The number of rotatable bonds is 7. The van der Waals surface area contributed by atoms with E-state index in [0.29, 0.717) is 19.4 Å². The van der Waals surface area contributed by atoms with Crippen LogP contribution in [-0.4, -0.2) is 25.2 Å². The van der Waals surface area contributed by atoms with E-state index in [1.165, 1.54) is 18.2 Å². The summed E-state index contributed by atoms with van der Waals surface area (Å²) in [6, 6.07) is 4.29. The molecule has 20 heavy (non-hydrogen) atoms. The molecule has 0 atom stereocenters. The van der Waals surface area contributed by atoms with Crippen molar-refractivity contribution in [2.24, 2.45) is 0 Å². The van der Waals surface area contributed by atoms with Crippen LogP contribution in [0.5, 0.6) is 0 Å². The van der Waals surface area contributed by atoms with Gasteiger partial charge in [-0.2, -0.15) is 0 Å². The number of esters is 2. The molecule has 0 aliphatic heterocycles. The van der Waals surface area contributed by atoms with Crippen molar-refractivity contribution < 1.29 is 23.5 Å². The van der Waals surface area contributed by atoms with Gasteiger partial charge in [-0.05, 0) is 38.8 Å². The zero-order valence-corrected chi connectivity index (χ0v) is 11.8. The van der Waals surface area contributed by atoms with Crippen molar-refractivity contribution in [3.05, 3.63) is 35.1 Å². The quantitative estimate of drug-likeness (QED) is 0.722. The monoisotopic (exact) mass is 282 g/mol. The number of ether oxygens (including phenoxy) is 2. The molecule has 0 radical (unpaired) electrons. The lowest BCUT2D eigenvalue weighted by Crippen LogP contribution is -2.11. The third-order valence-corrected chi connectivity index (χ3v) is 2.73. The van der Waals surface area contributed by atoms with E-state index in [1.807, 2.05) is 0 Å². The van der Waals surface area contributed by atoms with E-state index in [-0.39, 0.29) is 30.1 Å². The van der Waals surface area contributed by atoms with Crippen molar-refractivity contribution >= 4 is 11.9 Å². The molecule has 0 N–H and O–H groups in total. The maximum atomic E-state index is 13.8. The minimum Gasteiger partial charge on any atom is -0.466 e. The van der Waals surface area contributed by atoms with E-state index in [2.05, 4.69) is 0 Å². The summed E-state index contributed by atoms with van der Waals surface area (Å²) in [4.78, 5) is 23.0. The Hall–Kier alpha value is -1.91. The maximum Gasteiger partial charge on any atom is 0.338 e. The highest BCUT2D eigenvalue weighted by Gasteiger charge is 2.16. The Morgan fingerprint density at radius 1 is 1.15 bits per heavy atom. The van der Waals surface area contributed by atoms with Crippen molar-refractivity contribution in [1.29, 1.82) is 0 Å². The third kappa shape index (κ3) is 4.64. The molecular formula is C15H19FO4. The maximum absolute atomic E-state index is 13.8. The van der Waals surface area contributed by atoms with E-state index in [9.17, 15) is 14.0 Å². The second-order valence-corrected chi connectivity index (χ2v) is 4.14. The predicted octanol–water partition coefficient (Wildman–Crippen LogP) is 2.89. The Morgan fingerprint density at radius 3 is 2.50 bits per heavy atom. The number of carbonyl (C=O) groups is 2. The Morgan fingerprint density at radius 2 is 1.85 bits per heavy atom. The summed E-state index contributed by atoms with van der Waals surface area (Å²) >= 11 is 0. The van der Waals surface area contributed by atoms with E-state index in [1.54, 1.807) is 13.8 Å². The molecule has 1 aromatic rings. The highest BCUT2D eigenvalue weighted by atomic mass is 19.1. The number of benzene rings is 1. The fraction of sp³-hybridized carbons (Fsp3) is 0.467. The number of hydrogen-bond donors (Lipinski definition) is 0. The van der Waals surface area contributed by atoms with E-state index >= 15 is 0 Å². The van der Waals surface area contributed by atoms with Crippen LogP contribution >= 0.6 is 0 Å². The molecule has 0 aliphatic rings. The van der Waals surface area contributed by atoms with Gasteiger partial charge in [0.05, 0.1) is 18.8 Å². The van der Waals surface area contributed by atoms with Gasteiger partial charge >= 0.3 is 11.9 Å². The molecule has 5 heteroatoms. The van der Waals surface area contributed by atoms with Crippen molar-refractivity contribution in [3.63, 3.8) is 0 Å². The number of carbonyl (C=O) groups excluding carboxylic acids is 2. The highest BCUT2D eigenvalue weighted by molar-refractivity contribution is 5.91. The van der Waals surface area contributed by atoms with E-state index in [0.717, 1.165) is 0 Å². The van der Waals surface area contributed by atoms with Gasteiger partial charge < -0.3 is 9.47 Å². The van der Waals surface area contributed by atoms with Crippen LogP contribution < -0.4 is 0 Å². The average molecular weight is 282 g/mol. The first-order valence-corrected chi connectivity index (χ1v) is 6.70. The molecule has 0 bridgehead atoms. The fourth-order valence-corrected chi connectivity index (χ4v) is 1.86. The summed E-state index contributed by atoms with van der Waals surface area (Å²) in [5.74, 6) is -1.32.